The second kappa shape index (κ2) is 8.98. The minimum Gasteiger partial charge on any atom is -0.384 e. The molecule has 0 fully saturated rings. The summed E-state index contributed by atoms with van der Waals surface area (Å²) in [6.45, 7) is 2.05. The molecule has 2 N–H and O–H groups in total. The lowest BCUT2D eigenvalue weighted by Gasteiger charge is -2.39. The van der Waals surface area contributed by atoms with Crippen molar-refractivity contribution in [1.82, 2.24) is 0 Å². The second-order valence-corrected chi connectivity index (χ2v) is 10.2. The molecule has 0 bridgehead atoms. The normalized spacial score (nSPS) is 18.6. The minimum atomic E-state index is -0.565. The minimum absolute atomic E-state index is 0.00474. The van der Waals surface area contributed by atoms with Crippen LogP contribution in [0.4, 0.5) is 11.4 Å². The van der Waals surface area contributed by atoms with Gasteiger partial charge in [-0.3, -0.25) is 19.8 Å². The molecule has 0 saturated heterocycles. The SMILES string of the molecule is CCSc1sccc1[C@@H]1C(C#N)=C(N)N(c2ccc(Cl)c([N+](=O)[O-])c2)C2=C1C(=O)CCC2. The van der Waals surface area contributed by atoms with Crippen molar-refractivity contribution in [2.75, 3.05) is 10.7 Å². The molecule has 1 aromatic heterocycles. The monoisotopic (exact) mass is 486 g/mol. The number of thiophene rings is 1. The predicted octanol–water partition coefficient (Wildman–Crippen LogP) is 5.73. The van der Waals surface area contributed by atoms with Crippen LogP contribution in [0.15, 0.2) is 56.5 Å². The highest BCUT2D eigenvalue weighted by Crippen LogP contribution is 2.49. The number of allylic oxidation sites excluding steroid dienone is 3. The summed E-state index contributed by atoms with van der Waals surface area (Å²) in [6, 6.07) is 8.55. The van der Waals surface area contributed by atoms with E-state index in [1.54, 1.807) is 34.1 Å². The fourth-order valence-electron chi connectivity index (χ4n) is 4.24. The number of nitro benzene ring substituents is 1. The number of rotatable bonds is 5. The number of ketones is 1. The summed E-state index contributed by atoms with van der Waals surface area (Å²) >= 11 is 9.25. The molecule has 1 aliphatic heterocycles. The van der Waals surface area contributed by atoms with Gasteiger partial charge in [-0.2, -0.15) is 5.26 Å². The molecule has 0 spiro atoms. The Hall–Kier alpha value is -2.80. The van der Waals surface area contributed by atoms with Crippen LogP contribution >= 0.6 is 34.7 Å². The van der Waals surface area contributed by atoms with Gasteiger partial charge in [-0.15, -0.1) is 23.1 Å². The molecule has 0 radical (unpaired) electrons. The Kier molecular flexibility index (Phi) is 6.29. The fourth-order valence-corrected chi connectivity index (χ4v) is 6.49. The molecule has 32 heavy (non-hydrogen) atoms. The van der Waals surface area contributed by atoms with Gasteiger partial charge in [0.05, 0.1) is 32.4 Å². The maximum Gasteiger partial charge on any atom is 0.289 e. The van der Waals surface area contributed by atoms with Gasteiger partial charge in [0.1, 0.15) is 10.8 Å². The van der Waals surface area contributed by atoms with E-state index in [1.807, 2.05) is 11.4 Å². The quantitative estimate of drug-likeness (QED) is 0.326. The number of carbonyl (C=O) groups is 1. The van der Waals surface area contributed by atoms with Crippen LogP contribution in [-0.2, 0) is 4.79 Å². The van der Waals surface area contributed by atoms with Crippen molar-refractivity contribution in [3.05, 3.63) is 73.0 Å². The highest BCUT2D eigenvalue weighted by atomic mass is 35.5. The zero-order valence-electron chi connectivity index (χ0n) is 17.1. The highest BCUT2D eigenvalue weighted by Gasteiger charge is 2.41. The summed E-state index contributed by atoms with van der Waals surface area (Å²) in [4.78, 5) is 25.7. The van der Waals surface area contributed by atoms with Gasteiger partial charge in [-0.1, -0.05) is 18.5 Å². The predicted molar refractivity (Wildman–Crippen MR) is 127 cm³/mol. The largest absolute Gasteiger partial charge is 0.384 e. The van der Waals surface area contributed by atoms with Crippen LogP contribution in [0, 0.1) is 21.4 Å². The van der Waals surface area contributed by atoms with Gasteiger partial charge < -0.3 is 5.73 Å². The maximum absolute atomic E-state index is 13.2. The van der Waals surface area contributed by atoms with Crippen molar-refractivity contribution in [3.63, 3.8) is 0 Å². The van der Waals surface area contributed by atoms with Gasteiger partial charge in [-0.25, -0.2) is 0 Å². The highest BCUT2D eigenvalue weighted by molar-refractivity contribution is 8.01. The lowest BCUT2D eigenvalue weighted by molar-refractivity contribution is -0.384. The number of hydrogen-bond acceptors (Lipinski definition) is 8. The van der Waals surface area contributed by atoms with Gasteiger partial charge in [0.2, 0.25) is 0 Å². The molecule has 1 atom stereocenters. The first-order valence-corrected chi connectivity index (χ1v) is 12.2. The summed E-state index contributed by atoms with van der Waals surface area (Å²) < 4.78 is 1.05. The van der Waals surface area contributed by atoms with Crippen LogP contribution in [0.25, 0.3) is 0 Å². The smallest absolute Gasteiger partial charge is 0.289 e. The Morgan fingerprint density at radius 2 is 2.19 bits per heavy atom. The van der Waals surface area contributed by atoms with Crippen LogP contribution in [0.5, 0.6) is 0 Å². The third kappa shape index (κ3) is 3.68. The summed E-state index contributed by atoms with van der Waals surface area (Å²) in [5.41, 5.74) is 9.10. The van der Waals surface area contributed by atoms with Crippen LogP contribution in [-0.4, -0.2) is 16.5 Å². The molecule has 10 heteroatoms. The van der Waals surface area contributed by atoms with Gasteiger partial charge >= 0.3 is 0 Å². The van der Waals surface area contributed by atoms with Gasteiger partial charge in [0.25, 0.3) is 5.69 Å². The average Bonchev–Trinajstić information content (AvgIpc) is 3.22. The van der Waals surface area contributed by atoms with Gasteiger partial charge in [0, 0.05) is 23.8 Å². The van der Waals surface area contributed by atoms with E-state index in [4.69, 9.17) is 17.3 Å². The molecule has 2 aliphatic rings. The van der Waals surface area contributed by atoms with Gasteiger partial charge in [-0.05, 0) is 47.7 Å². The molecular weight excluding hydrogens is 468 g/mol. The number of Topliss-reactive ketones (excluding diaryl/α,β-unsaturated/α-hetero) is 1. The average molecular weight is 487 g/mol. The van der Waals surface area contributed by atoms with E-state index in [9.17, 15) is 20.2 Å². The molecule has 7 nitrogen and oxygen atoms in total. The van der Waals surface area contributed by atoms with E-state index in [-0.39, 0.29) is 27.9 Å². The number of nitriles is 1. The molecule has 0 amide bonds. The van der Waals surface area contributed by atoms with Crippen molar-refractivity contribution < 1.29 is 9.72 Å². The molecule has 0 unspecified atom stereocenters. The molecule has 2 heterocycles. The molecule has 0 saturated carbocycles. The molecule has 1 aromatic carbocycles. The van der Waals surface area contributed by atoms with Crippen molar-refractivity contribution in [3.8, 4) is 6.07 Å². The Bertz CT molecular complexity index is 1230. The Labute approximate surface area is 198 Å². The maximum atomic E-state index is 13.2. The summed E-state index contributed by atoms with van der Waals surface area (Å²) in [5.74, 6) is 0.480. The Morgan fingerprint density at radius 3 is 2.88 bits per heavy atom. The number of nitrogens with two attached hydrogens (primary N) is 1. The zero-order chi connectivity index (χ0) is 23.0. The summed E-state index contributed by atoms with van der Waals surface area (Å²) in [6.07, 6.45) is 1.61. The third-order valence-corrected chi connectivity index (χ3v) is 8.01. The van der Waals surface area contributed by atoms with Crippen LogP contribution in [0.2, 0.25) is 5.02 Å². The lowest BCUT2D eigenvalue weighted by atomic mass is 9.76. The van der Waals surface area contributed by atoms with Crippen molar-refractivity contribution in [2.24, 2.45) is 5.73 Å². The number of hydrogen-bond donors (Lipinski definition) is 1. The van der Waals surface area contributed by atoms with Crippen LogP contribution in [0.1, 0.15) is 37.7 Å². The summed E-state index contributed by atoms with van der Waals surface area (Å²) in [5, 5.41) is 23.5. The summed E-state index contributed by atoms with van der Waals surface area (Å²) in [7, 11) is 0. The second-order valence-electron chi connectivity index (χ2n) is 7.31. The first kappa shape index (κ1) is 22.4. The Balaban J connectivity index is 1.96. The van der Waals surface area contributed by atoms with E-state index in [1.165, 1.54) is 12.1 Å². The zero-order valence-corrected chi connectivity index (χ0v) is 19.5. The van der Waals surface area contributed by atoms with Crippen molar-refractivity contribution in [1.29, 1.82) is 5.26 Å². The third-order valence-electron chi connectivity index (χ3n) is 5.54. The van der Waals surface area contributed by atoms with E-state index in [2.05, 4.69) is 13.0 Å². The number of nitro groups is 1. The lowest BCUT2D eigenvalue weighted by Crippen LogP contribution is -2.38. The fraction of sp³-hybridized carbons (Fsp3) is 0.273. The van der Waals surface area contributed by atoms with E-state index < -0.39 is 10.8 Å². The van der Waals surface area contributed by atoms with E-state index in [0.717, 1.165) is 15.5 Å². The number of anilines is 1. The molecular formula is C22H19ClN4O3S2. The van der Waals surface area contributed by atoms with Crippen molar-refractivity contribution in [2.45, 2.75) is 36.3 Å². The number of halogens is 1. The van der Waals surface area contributed by atoms with Gasteiger partial charge in [0.15, 0.2) is 5.78 Å². The first-order chi connectivity index (χ1) is 15.4. The van der Waals surface area contributed by atoms with Crippen LogP contribution < -0.4 is 10.6 Å². The number of nitrogens with zero attached hydrogens (tertiary/aromatic N) is 3. The molecule has 2 aromatic rings. The Morgan fingerprint density at radius 1 is 1.41 bits per heavy atom. The number of thioether (sulfide) groups is 1. The molecule has 4 rings (SSSR count). The topological polar surface area (TPSA) is 113 Å². The number of benzene rings is 1. The van der Waals surface area contributed by atoms with Crippen molar-refractivity contribution >= 4 is 51.9 Å². The van der Waals surface area contributed by atoms with E-state index >= 15 is 0 Å². The van der Waals surface area contributed by atoms with Crippen LogP contribution in [0.3, 0.4) is 0 Å². The first-order valence-electron chi connectivity index (χ1n) is 9.99. The van der Waals surface area contributed by atoms with E-state index in [0.29, 0.717) is 36.2 Å². The molecule has 164 valence electrons. The number of carbonyl (C=O) groups excluding carboxylic acids is 1. The standard InChI is InChI=1S/C22H19ClN4O3S2/c1-2-31-22-13(8-9-32-22)19-14(11-24)21(25)26(16-4-3-5-18(28)20(16)19)12-6-7-15(23)17(10-12)27(29)30/h6-10,19H,2-5,25H2,1H3/t19-/m1/s1. The molecule has 1 aliphatic carbocycles.